The predicted molar refractivity (Wildman–Crippen MR) is 101 cm³/mol. The van der Waals surface area contributed by atoms with Gasteiger partial charge in [-0.25, -0.2) is 28.0 Å². The van der Waals surface area contributed by atoms with Gasteiger partial charge < -0.3 is 14.8 Å². The van der Waals surface area contributed by atoms with E-state index in [2.05, 4.69) is 15.4 Å². The number of rotatable bonds is 6. The maximum Gasteiger partial charge on any atom is 0.408 e. The molecule has 2 aromatic rings. The molecule has 1 heterocycles. The quantitative estimate of drug-likeness (QED) is 0.634. The van der Waals surface area contributed by atoms with E-state index in [-0.39, 0.29) is 17.3 Å². The van der Waals surface area contributed by atoms with Gasteiger partial charge in [-0.1, -0.05) is 17.7 Å². The van der Waals surface area contributed by atoms with Crippen LogP contribution in [0.2, 0.25) is 5.02 Å². The van der Waals surface area contributed by atoms with Crippen molar-refractivity contribution < 1.29 is 27.8 Å². The second-order valence-electron chi connectivity index (χ2n) is 6.79. The normalized spacial score (nSPS) is 12.6. The van der Waals surface area contributed by atoms with Crippen molar-refractivity contribution in [1.29, 1.82) is 0 Å². The fourth-order valence-electron chi connectivity index (χ4n) is 2.31. The van der Waals surface area contributed by atoms with Gasteiger partial charge in [-0.05, 0) is 38.5 Å². The number of ether oxygens (including phenoxy) is 2. The van der Waals surface area contributed by atoms with Crippen molar-refractivity contribution >= 4 is 34.7 Å². The number of carbonyl (C=O) groups excluding carboxylic acids is 2. The first-order chi connectivity index (χ1) is 13.5. The first-order valence-electron chi connectivity index (χ1n) is 8.27. The van der Waals surface area contributed by atoms with Crippen molar-refractivity contribution in [1.82, 2.24) is 20.1 Å². The highest BCUT2D eigenvalue weighted by atomic mass is 35.5. The molecule has 1 aromatic heterocycles. The lowest BCUT2D eigenvalue weighted by atomic mass is 10.1. The van der Waals surface area contributed by atoms with Crippen LogP contribution in [0.4, 0.5) is 18.4 Å². The van der Waals surface area contributed by atoms with E-state index < -0.39 is 35.4 Å². The highest BCUT2D eigenvalue weighted by molar-refractivity contribution is 6.61. The van der Waals surface area contributed by atoms with Gasteiger partial charge in [0.2, 0.25) is 0 Å². The zero-order chi connectivity index (χ0) is 21.8. The summed E-state index contributed by atoms with van der Waals surface area (Å²) >= 11 is 11.4. The van der Waals surface area contributed by atoms with Gasteiger partial charge in [0.05, 0.1) is 16.8 Å². The van der Waals surface area contributed by atoms with Crippen molar-refractivity contribution in [3.63, 3.8) is 0 Å². The van der Waals surface area contributed by atoms with Crippen molar-refractivity contribution in [3.05, 3.63) is 40.9 Å². The van der Waals surface area contributed by atoms with Crippen LogP contribution in [-0.2, 0) is 9.47 Å². The molecular weight excluding hydrogens is 433 g/mol. The summed E-state index contributed by atoms with van der Waals surface area (Å²) in [6.45, 7) is 4.70. The van der Waals surface area contributed by atoms with E-state index in [0.29, 0.717) is 5.56 Å². The summed E-state index contributed by atoms with van der Waals surface area (Å²) in [4.78, 5) is 26.7. The number of halogens is 4. The van der Waals surface area contributed by atoms with Crippen molar-refractivity contribution in [2.45, 2.75) is 38.8 Å². The topological polar surface area (TPSA) is 95.3 Å². The van der Waals surface area contributed by atoms with Crippen LogP contribution in [0.5, 0.6) is 0 Å². The van der Waals surface area contributed by atoms with E-state index >= 15 is 0 Å². The number of hydrogen-bond donors (Lipinski definition) is 1. The molecule has 1 amide bonds. The Morgan fingerprint density at radius 2 is 2.00 bits per heavy atom. The highest BCUT2D eigenvalue weighted by Crippen LogP contribution is 2.28. The standard InChI is InChI=1S/C17H18Cl2F2N4O4/c1-17(2,3)29-16(27)24-11(7-28-15(19)26)9-4-5-10(18)12(6-9)25-14(13(20)21)22-8-23-25/h4-6,8,11,13H,7H2,1-3H3,(H,24,27). The number of nitrogens with zero attached hydrogens (tertiary/aromatic N) is 3. The number of alkyl carbamates (subject to hydrolysis) is 1. The smallest absolute Gasteiger partial charge is 0.408 e. The molecule has 2 rings (SSSR count). The summed E-state index contributed by atoms with van der Waals surface area (Å²) in [5.74, 6) is -0.604. The van der Waals surface area contributed by atoms with Crippen LogP contribution in [0.1, 0.15) is 44.6 Å². The fourth-order valence-corrected chi connectivity index (χ4v) is 2.57. The van der Waals surface area contributed by atoms with Gasteiger partial charge in [0, 0.05) is 11.6 Å². The zero-order valence-electron chi connectivity index (χ0n) is 15.7. The molecule has 1 unspecified atom stereocenters. The van der Waals surface area contributed by atoms with E-state index in [9.17, 15) is 18.4 Å². The Morgan fingerprint density at radius 3 is 2.59 bits per heavy atom. The van der Waals surface area contributed by atoms with Crippen molar-refractivity contribution in [2.24, 2.45) is 0 Å². The van der Waals surface area contributed by atoms with Gasteiger partial charge >= 0.3 is 11.5 Å². The van der Waals surface area contributed by atoms with Crippen LogP contribution < -0.4 is 5.32 Å². The first kappa shape index (κ1) is 22.8. The van der Waals surface area contributed by atoms with Gasteiger partial charge in [0.25, 0.3) is 6.43 Å². The van der Waals surface area contributed by atoms with Crippen molar-refractivity contribution in [3.8, 4) is 5.69 Å². The zero-order valence-corrected chi connectivity index (χ0v) is 17.2. The Hall–Kier alpha value is -2.46. The van der Waals surface area contributed by atoms with Crippen LogP contribution in [0, 0.1) is 0 Å². The molecule has 0 aliphatic heterocycles. The van der Waals surface area contributed by atoms with Gasteiger partial charge in [0.15, 0.2) is 5.82 Å². The molecule has 29 heavy (non-hydrogen) atoms. The molecule has 0 radical (unpaired) electrons. The molecule has 1 aromatic carbocycles. The monoisotopic (exact) mass is 450 g/mol. The summed E-state index contributed by atoms with van der Waals surface area (Å²) in [5, 5.41) is 6.43. The third-order valence-electron chi connectivity index (χ3n) is 3.42. The maximum absolute atomic E-state index is 13.2. The van der Waals surface area contributed by atoms with Crippen LogP contribution in [0.25, 0.3) is 5.69 Å². The minimum Gasteiger partial charge on any atom is -0.451 e. The highest BCUT2D eigenvalue weighted by Gasteiger charge is 2.24. The summed E-state index contributed by atoms with van der Waals surface area (Å²) in [7, 11) is 0. The molecule has 0 aliphatic rings. The van der Waals surface area contributed by atoms with Gasteiger partial charge in [-0.2, -0.15) is 5.10 Å². The van der Waals surface area contributed by atoms with E-state index in [1.807, 2.05) is 0 Å². The molecule has 12 heteroatoms. The average molecular weight is 451 g/mol. The number of amides is 1. The largest absolute Gasteiger partial charge is 0.451 e. The molecule has 1 N–H and O–H groups in total. The van der Waals surface area contributed by atoms with Gasteiger partial charge in [-0.3, -0.25) is 0 Å². The lowest BCUT2D eigenvalue weighted by Gasteiger charge is -2.24. The number of nitrogens with one attached hydrogen (secondary N) is 1. The third-order valence-corrected chi connectivity index (χ3v) is 3.85. The molecular formula is C17H18Cl2F2N4O4. The van der Waals surface area contributed by atoms with Gasteiger partial charge in [0.1, 0.15) is 18.5 Å². The molecule has 0 saturated heterocycles. The molecule has 8 nitrogen and oxygen atoms in total. The number of benzene rings is 1. The van der Waals surface area contributed by atoms with Gasteiger partial charge in [-0.15, -0.1) is 0 Å². The van der Waals surface area contributed by atoms with E-state index in [1.54, 1.807) is 20.8 Å². The predicted octanol–water partition coefficient (Wildman–Crippen LogP) is 4.80. The minimum atomic E-state index is -2.88. The molecule has 0 bridgehead atoms. The molecule has 0 aliphatic carbocycles. The SMILES string of the molecule is CC(C)(C)OC(=O)NC(COC(=O)Cl)c1ccc(Cl)c(-n2ncnc2C(F)F)c1. The second-order valence-corrected chi connectivity index (χ2v) is 7.50. The summed E-state index contributed by atoms with van der Waals surface area (Å²) in [6, 6.07) is 3.46. The molecule has 0 fully saturated rings. The maximum atomic E-state index is 13.2. The Balaban J connectivity index is 2.38. The Morgan fingerprint density at radius 1 is 1.31 bits per heavy atom. The minimum absolute atomic E-state index is 0.102. The van der Waals surface area contributed by atoms with E-state index in [4.69, 9.17) is 32.7 Å². The molecule has 158 valence electrons. The summed E-state index contributed by atoms with van der Waals surface area (Å²) in [5.41, 5.74) is -1.36. The van der Waals surface area contributed by atoms with Crippen LogP contribution in [0.15, 0.2) is 24.5 Å². The summed E-state index contributed by atoms with van der Waals surface area (Å²) < 4.78 is 37.2. The third kappa shape index (κ3) is 6.53. The number of carbonyl (C=O) groups is 2. The fraction of sp³-hybridized carbons (Fsp3) is 0.412. The van der Waals surface area contributed by atoms with Crippen LogP contribution in [-0.4, -0.2) is 38.5 Å². The molecule has 1 atom stereocenters. The molecule has 0 spiro atoms. The average Bonchev–Trinajstić information content (AvgIpc) is 3.07. The lowest BCUT2D eigenvalue weighted by molar-refractivity contribution is 0.0477. The Bertz CT molecular complexity index is 887. The Labute approximate surface area is 175 Å². The molecule has 0 saturated carbocycles. The van der Waals surface area contributed by atoms with Crippen LogP contribution in [0.3, 0.4) is 0 Å². The number of aromatic nitrogens is 3. The van der Waals surface area contributed by atoms with Crippen molar-refractivity contribution in [2.75, 3.05) is 6.61 Å². The van der Waals surface area contributed by atoms with E-state index in [1.165, 1.54) is 18.2 Å². The summed E-state index contributed by atoms with van der Waals surface area (Å²) in [6.07, 6.45) is -2.69. The second kappa shape index (κ2) is 9.36. The van der Waals surface area contributed by atoms with Crippen LogP contribution >= 0.6 is 23.2 Å². The van der Waals surface area contributed by atoms with E-state index in [0.717, 1.165) is 11.0 Å². The lowest BCUT2D eigenvalue weighted by Crippen LogP contribution is -2.36. The first-order valence-corrected chi connectivity index (χ1v) is 9.03. The Kier molecular flexibility index (Phi) is 7.37. The number of hydrogen-bond acceptors (Lipinski definition) is 6. The number of alkyl halides is 2.